The number of hydrogen-bond donors (Lipinski definition) is 0. The summed E-state index contributed by atoms with van der Waals surface area (Å²) in [6.45, 7) is 0. The van der Waals surface area contributed by atoms with Gasteiger partial charge in [-0.05, 0) is 35.0 Å². The molecule has 0 spiro atoms. The zero-order chi connectivity index (χ0) is 26.2. The van der Waals surface area contributed by atoms with Crippen LogP contribution in [0, 0.1) is 0 Å². The van der Waals surface area contributed by atoms with Crippen LogP contribution in [0.25, 0.3) is 81.0 Å². The molecule has 0 N–H and O–H groups in total. The molecular formula is C35H20N4S. The van der Waals surface area contributed by atoms with Crippen molar-refractivity contribution in [3.8, 4) is 17.2 Å². The average Bonchev–Trinajstić information content (AvgIpc) is 3.58. The standard InChI is InChI=1S/C35H20N4S/c1-2-11-21(12-3-1)31-24-15-6-8-17-26(24)37-35(38-31)39-27-18-10-20-36-32(27)30-23-14-5-4-13-22(23)29-25-16-7-9-19-28(25)40-34(29)33(30)39/h1-20H. The molecule has 9 aromatic rings. The molecule has 186 valence electrons. The van der Waals surface area contributed by atoms with Gasteiger partial charge >= 0.3 is 0 Å². The van der Waals surface area contributed by atoms with Gasteiger partial charge in [-0.2, -0.15) is 0 Å². The highest BCUT2D eigenvalue weighted by atomic mass is 32.1. The molecule has 0 aliphatic rings. The second-order valence-electron chi connectivity index (χ2n) is 10.0. The van der Waals surface area contributed by atoms with Crippen molar-refractivity contribution in [2.45, 2.75) is 0 Å². The highest BCUT2D eigenvalue weighted by Gasteiger charge is 2.24. The van der Waals surface area contributed by atoms with E-state index in [1.807, 2.05) is 35.7 Å². The van der Waals surface area contributed by atoms with E-state index >= 15 is 0 Å². The van der Waals surface area contributed by atoms with Crippen molar-refractivity contribution < 1.29 is 0 Å². The van der Waals surface area contributed by atoms with E-state index in [1.165, 1.54) is 30.9 Å². The fraction of sp³-hybridized carbons (Fsp3) is 0. The number of fused-ring (bicyclic) bond motifs is 11. The van der Waals surface area contributed by atoms with Crippen LogP contribution in [0.4, 0.5) is 0 Å². The lowest BCUT2D eigenvalue weighted by Gasteiger charge is -2.12. The third kappa shape index (κ3) is 2.92. The van der Waals surface area contributed by atoms with Crippen molar-refractivity contribution in [3.05, 3.63) is 121 Å². The Morgan fingerprint density at radius 2 is 1.27 bits per heavy atom. The van der Waals surface area contributed by atoms with Gasteiger partial charge in [-0.15, -0.1) is 11.3 Å². The van der Waals surface area contributed by atoms with Crippen molar-refractivity contribution in [2.75, 3.05) is 0 Å². The van der Waals surface area contributed by atoms with Gasteiger partial charge in [0.2, 0.25) is 5.95 Å². The van der Waals surface area contributed by atoms with Crippen LogP contribution in [-0.2, 0) is 0 Å². The Balaban J connectivity index is 1.54. The highest BCUT2D eigenvalue weighted by molar-refractivity contribution is 7.27. The van der Waals surface area contributed by atoms with Gasteiger partial charge in [-0.1, -0.05) is 91.0 Å². The van der Waals surface area contributed by atoms with E-state index in [0.29, 0.717) is 5.95 Å². The smallest absolute Gasteiger partial charge is 0.235 e. The summed E-state index contributed by atoms with van der Waals surface area (Å²) in [6, 6.07) is 40.2. The number of rotatable bonds is 2. The third-order valence-electron chi connectivity index (χ3n) is 7.84. The SMILES string of the molecule is c1ccc(-c2nc(-n3c4cccnc4c4c5ccccc5c5c6ccccc6sc5c43)nc3ccccc23)cc1. The number of thiophene rings is 1. The fourth-order valence-corrected chi connectivity index (χ4v) is 7.43. The molecule has 0 saturated heterocycles. The van der Waals surface area contributed by atoms with Gasteiger partial charge < -0.3 is 0 Å². The van der Waals surface area contributed by atoms with Crippen molar-refractivity contribution in [1.29, 1.82) is 0 Å². The van der Waals surface area contributed by atoms with Crippen LogP contribution in [0.2, 0.25) is 0 Å². The van der Waals surface area contributed by atoms with Gasteiger partial charge in [0.1, 0.15) is 0 Å². The lowest BCUT2D eigenvalue weighted by Crippen LogP contribution is -2.03. The summed E-state index contributed by atoms with van der Waals surface area (Å²) >= 11 is 1.83. The first-order valence-corrected chi connectivity index (χ1v) is 14.1. The van der Waals surface area contributed by atoms with E-state index in [9.17, 15) is 0 Å². The molecule has 0 unspecified atom stereocenters. The van der Waals surface area contributed by atoms with Gasteiger partial charge in [0.05, 0.1) is 32.5 Å². The van der Waals surface area contributed by atoms with Crippen molar-refractivity contribution in [3.63, 3.8) is 0 Å². The van der Waals surface area contributed by atoms with Crippen LogP contribution in [0.1, 0.15) is 0 Å². The van der Waals surface area contributed by atoms with E-state index in [1.54, 1.807) is 0 Å². The van der Waals surface area contributed by atoms with Crippen molar-refractivity contribution in [2.24, 2.45) is 0 Å². The Labute approximate surface area is 232 Å². The van der Waals surface area contributed by atoms with Crippen LogP contribution in [-0.4, -0.2) is 19.5 Å². The van der Waals surface area contributed by atoms with Crippen molar-refractivity contribution >= 4 is 75.1 Å². The predicted molar refractivity (Wildman–Crippen MR) is 168 cm³/mol. The first kappa shape index (κ1) is 21.8. The molecule has 4 aromatic heterocycles. The Morgan fingerprint density at radius 3 is 2.12 bits per heavy atom. The summed E-state index contributed by atoms with van der Waals surface area (Å²) in [4.78, 5) is 15.4. The number of para-hydroxylation sites is 1. The molecule has 0 fully saturated rings. The maximum Gasteiger partial charge on any atom is 0.235 e. The highest BCUT2D eigenvalue weighted by Crippen LogP contribution is 2.47. The molecular weight excluding hydrogens is 508 g/mol. The molecule has 0 amide bonds. The maximum absolute atomic E-state index is 5.28. The molecule has 5 aromatic carbocycles. The molecule has 0 aliphatic carbocycles. The molecule has 0 saturated carbocycles. The van der Waals surface area contributed by atoms with Crippen LogP contribution in [0.5, 0.6) is 0 Å². The van der Waals surface area contributed by atoms with Gasteiger partial charge in [-0.3, -0.25) is 9.55 Å². The molecule has 40 heavy (non-hydrogen) atoms. The van der Waals surface area contributed by atoms with Gasteiger partial charge in [-0.25, -0.2) is 9.97 Å². The largest absolute Gasteiger partial charge is 0.275 e. The van der Waals surface area contributed by atoms with Crippen LogP contribution >= 0.6 is 11.3 Å². The van der Waals surface area contributed by atoms with E-state index < -0.39 is 0 Å². The number of benzene rings is 5. The Morgan fingerprint density at radius 1 is 0.575 bits per heavy atom. The molecule has 0 bridgehead atoms. The first-order valence-electron chi connectivity index (χ1n) is 13.3. The Bertz CT molecular complexity index is 2440. The molecule has 0 aliphatic heterocycles. The van der Waals surface area contributed by atoms with Crippen molar-refractivity contribution in [1.82, 2.24) is 19.5 Å². The van der Waals surface area contributed by atoms with E-state index in [-0.39, 0.29) is 0 Å². The minimum atomic E-state index is 0.652. The Kier molecular flexibility index (Phi) is 4.45. The summed E-state index contributed by atoms with van der Waals surface area (Å²) in [5.41, 5.74) is 5.98. The Hall–Kier alpha value is -5.13. The maximum atomic E-state index is 5.28. The minimum Gasteiger partial charge on any atom is -0.275 e. The monoisotopic (exact) mass is 528 g/mol. The fourth-order valence-electron chi connectivity index (χ4n) is 6.17. The molecule has 4 heterocycles. The summed E-state index contributed by atoms with van der Waals surface area (Å²) in [5, 5.41) is 7.17. The normalized spacial score (nSPS) is 12.0. The van der Waals surface area contributed by atoms with Crippen LogP contribution < -0.4 is 0 Å². The summed E-state index contributed by atoms with van der Waals surface area (Å²) < 4.78 is 4.73. The molecule has 9 rings (SSSR count). The zero-order valence-corrected chi connectivity index (χ0v) is 22.1. The van der Waals surface area contributed by atoms with E-state index in [2.05, 4.69) is 102 Å². The zero-order valence-electron chi connectivity index (χ0n) is 21.2. The second kappa shape index (κ2) is 8.18. The molecule has 5 heteroatoms. The quantitative estimate of drug-likeness (QED) is 0.225. The first-order chi connectivity index (χ1) is 19.9. The van der Waals surface area contributed by atoms with Crippen LogP contribution in [0.15, 0.2) is 121 Å². The number of pyridine rings is 1. The topological polar surface area (TPSA) is 43.6 Å². The lowest BCUT2D eigenvalue weighted by atomic mass is 10.00. The number of nitrogens with zero attached hydrogens (tertiary/aromatic N) is 4. The van der Waals surface area contributed by atoms with Gasteiger partial charge in [0, 0.05) is 38.0 Å². The van der Waals surface area contributed by atoms with Gasteiger partial charge in [0.25, 0.3) is 0 Å². The molecule has 4 nitrogen and oxygen atoms in total. The van der Waals surface area contributed by atoms with Crippen LogP contribution in [0.3, 0.4) is 0 Å². The summed E-state index contributed by atoms with van der Waals surface area (Å²) in [5.74, 6) is 0.652. The molecule has 0 atom stereocenters. The third-order valence-corrected chi connectivity index (χ3v) is 9.02. The number of hydrogen-bond acceptors (Lipinski definition) is 4. The van der Waals surface area contributed by atoms with E-state index in [0.717, 1.165) is 44.1 Å². The summed E-state index contributed by atoms with van der Waals surface area (Å²) in [6.07, 6.45) is 1.88. The van der Waals surface area contributed by atoms with E-state index in [4.69, 9.17) is 15.0 Å². The predicted octanol–water partition coefficient (Wildman–Crippen LogP) is 9.31. The number of aromatic nitrogens is 4. The lowest BCUT2D eigenvalue weighted by molar-refractivity contribution is 1.02. The summed E-state index contributed by atoms with van der Waals surface area (Å²) in [7, 11) is 0. The average molecular weight is 529 g/mol. The second-order valence-corrected chi connectivity index (χ2v) is 11.1. The minimum absolute atomic E-state index is 0.652. The molecule has 0 radical (unpaired) electrons. The van der Waals surface area contributed by atoms with Gasteiger partial charge in [0.15, 0.2) is 0 Å².